The van der Waals surface area contributed by atoms with E-state index in [-0.39, 0.29) is 28.4 Å². The number of amides is 2. The van der Waals surface area contributed by atoms with Gasteiger partial charge in [0.15, 0.2) is 0 Å². The molecule has 0 aliphatic carbocycles. The Morgan fingerprint density at radius 2 is 2.14 bits per heavy atom. The van der Waals surface area contributed by atoms with Crippen molar-refractivity contribution in [3.8, 4) is 0 Å². The first kappa shape index (κ1) is 15.5. The Kier molecular flexibility index (Phi) is 4.63. The van der Waals surface area contributed by atoms with Crippen molar-refractivity contribution in [3.05, 3.63) is 47.3 Å². The summed E-state index contributed by atoms with van der Waals surface area (Å²) in [6.07, 6.45) is 1.26. The lowest BCUT2D eigenvalue weighted by atomic mass is 10.1. The Labute approximate surface area is 127 Å². The first-order chi connectivity index (χ1) is 9.93. The van der Waals surface area contributed by atoms with Gasteiger partial charge in [0.1, 0.15) is 5.82 Å². The summed E-state index contributed by atoms with van der Waals surface area (Å²) >= 11 is 5.96. The standard InChI is InChI=1S/C15H16ClFN2O2/c1-3-14(20)19-7-6-18(9-10(19)2)15(21)12-8-11(17)4-5-13(12)16/h3-5,8,10H,1,6-7,9H2,2H3/t10-/m1/s1. The van der Waals surface area contributed by atoms with Crippen LogP contribution in [-0.2, 0) is 4.79 Å². The number of halogens is 2. The molecular weight excluding hydrogens is 295 g/mol. The Morgan fingerprint density at radius 1 is 1.43 bits per heavy atom. The number of hydrogen-bond donors (Lipinski definition) is 0. The highest BCUT2D eigenvalue weighted by Crippen LogP contribution is 2.21. The van der Waals surface area contributed by atoms with E-state index in [1.165, 1.54) is 18.2 Å². The van der Waals surface area contributed by atoms with Gasteiger partial charge in [-0.1, -0.05) is 18.2 Å². The molecule has 1 aliphatic rings. The van der Waals surface area contributed by atoms with E-state index in [2.05, 4.69) is 6.58 Å². The van der Waals surface area contributed by atoms with Crippen LogP contribution in [0.3, 0.4) is 0 Å². The van der Waals surface area contributed by atoms with Gasteiger partial charge >= 0.3 is 0 Å². The third-order valence-corrected chi connectivity index (χ3v) is 3.86. The van der Waals surface area contributed by atoms with E-state index in [1.54, 1.807) is 9.80 Å². The molecular formula is C15H16ClFN2O2. The third kappa shape index (κ3) is 3.24. The predicted octanol–water partition coefficient (Wildman–Crippen LogP) is 2.34. The van der Waals surface area contributed by atoms with E-state index in [1.807, 2.05) is 6.92 Å². The second-order valence-electron chi connectivity index (χ2n) is 4.96. The largest absolute Gasteiger partial charge is 0.335 e. The molecule has 0 bridgehead atoms. The minimum absolute atomic E-state index is 0.125. The maximum absolute atomic E-state index is 13.3. The molecule has 2 rings (SSSR count). The van der Waals surface area contributed by atoms with Crippen molar-refractivity contribution in [2.75, 3.05) is 19.6 Å². The van der Waals surface area contributed by atoms with E-state index in [0.717, 1.165) is 6.07 Å². The van der Waals surface area contributed by atoms with Crippen LogP contribution in [-0.4, -0.2) is 47.3 Å². The lowest BCUT2D eigenvalue weighted by Crippen LogP contribution is -2.55. The van der Waals surface area contributed by atoms with E-state index in [9.17, 15) is 14.0 Å². The lowest BCUT2D eigenvalue weighted by molar-refractivity contribution is -0.129. The zero-order valence-corrected chi connectivity index (χ0v) is 12.4. The molecule has 1 atom stereocenters. The molecule has 1 aromatic rings. The first-order valence-corrected chi connectivity index (χ1v) is 6.99. The number of rotatable bonds is 2. The third-order valence-electron chi connectivity index (χ3n) is 3.53. The van der Waals surface area contributed by atoms with Gasteiger partial charge in [-0.15, -0.1) is 0 Å². The van der Waals surface area contributed by atoms with Gasteiger partial charge in [-0.05, 0) is 31.2 Å². The van der Waals surface area contributed by atoms with E-state index in [4.69, 9.17) is 11.6 Å². The normalized spacial score (nSPS) is 18.5. The van der Waals surface area contributed by atoms with Gasteiger partial charge in [0, 0.05) is 25.7 Å². The van der Waals surface area contributed by atoms with E-state index >= 15 is 0 Å². The van der Waals surface area contributed by atoms with Crippen molar-refractivity contribution in [1.29, 1.82) is 0 Å². The average Bonchev–Trinajstić information content (AvgIpc) is 2.48. The van der Waals surface area contributed by atoms with Crippen LogP contribution in [0.25, 0.3) is 0 Å². The molecule has 0 aromatic heterocycles. The summed E-state index contributed by atoms with van der Waals surface area (Å²) in [6.45, 7) is 6.50. The molecule has 112 valence electrons. The second kappa shape index (κ2) is 6.26. The maximum atomic E-state index is 13.3. The fraction of sp³-hybridized carbons (Fsp3) is 0.333. The number of benzene rings is 1. The summed E-state index contributed by atoms with van der Waals surface area (Å²) in [4.78, 5) is 27.3. The van der Waals surface area contributed by atoms with E-state index in [0.29, 0.717) is 19.6 Å². The molecule has 6 heteroatoms. The number of carbonyl (C=O) groups is 2. The number of piperazine rings is 1. The quantitative estimate of drug-likeness (QED) is 0.787. The number of nitrogens with zero attached hydrogens (tertiary/aromatic N) is 2. The highest BCUT2D eigenvalue weighted by Gasteiger charge is 2.29. The fourth-order valence-electron chi connectivity index (χ4n) is 2.42. The molecule has 0 saturated carbocycles. The highest BCUT2D eigenvalue weighted by molar-refractivity contribution is 6.33. The van der Waals surface area contributed by atoms with Gasteiger partial charge in [0.2, 0.25) is 5.91 Å². The van der Waals surface area contributed by atoms with Crippen molar-refractivity contribution < 1.29 is 14.0 Å². The van der Waals surface area contributed by atoms with Crippen molar-refractivity contribution in [1.82, 2.24) is 9.80 Å². The molecule has 2 amide bonds. The van der Waals surface area contributed by atoms with Gasteiger partial charge < -0.3 is 9.80 Å². The molecule has 1 aromatic carbocycles. The molecule has 0 spiro atoms. The lowest BCUT2D eigenvalue weighted by Gasteiger charge is -2.39. The Balaban J connectivity index is 2.14. The summed E-state index contributed by atoms with van der Waals surface area (Å²) in [5.74, 6) is -0.980. The molecule has 1 fully saturated rings. The second-order valence-corrected chi connectivity index (χ2v) is 5.37. The molecule has 0 unspecified atom stereocenters. The molecule has 0 radical (unpaired) electrons. The SMILES string of the molecule is C=CC(=O)N1CCN(C(=O)c2cc(F)ccc2Cl)C[C@H]1C. The molecule has 21 heavy (non-hydrogen) atoms. The summed E-state index contributed by atoms with van der Waals surface area (Å²) in [5.41, 5.74) is 0.146. The minimum Gasteiger partial charge on any atom is -0.335 e. The minimum atomic E-state index is -0.503. The Bertz CT molecular complexity index is 591. The van der Waals surface area contributed by atoms with Crippen molar-refractivity contribution in [2.24, 2.45) is 0 Å². The van der Waals surface area contributed by atoms with Crippen LogP contribution in [0.2, 0.25) is 5.02 Å². The topological polar surface area (TPSA) is 40.6 Å². The fourth-order valence-corrected chi connectivity index (χ4v) is 2.62. The van der Waals surface area contributed by atoms with Crippen LogP contribution < -0.4 is 0 Å². The average molecular weight is 311 g/mol. The zero-order valence-electron chi connectivity index (χ0n) is 11.7. The predicted molar refractivity (Wildman–Crippen MR) is 78.7 cm³/mol. The summed E-state index contributed by atoms with van der Waals surface area (Å²) in [6, 6.07) is 3.59. The first-order valence-electron chi connectivity index (χ1n) is 6.61. The van der Waals surface area contributed by atoms with Crippen LogP contribution in [0, 0.1) is 5.82 Å². The van der Waals surface area contributed by atoms with Crippen LogP contribution >= 0.6 is 11.6 Å². The van der Waals surface area contributed by atoms with Crippen molar-refractivity contribution >= 4 is 23.4 Å². The zero-order chi connectivity index (χ0) is 15.6. The van der Waals surface area contributed by atoms with Gasteiger partial charge in [0.05, 0.1) is 10.6 Å². The monoisotopic (exact) mass is 310 g/mol. The molecule has 1 aliphatic heterocycles. The summed E-state index contributed by atoms with van der Waals surface area (Å²) < 4.78 is 13.3. The van der Waals surface area contributed by atoms with E-state index < -0.39 is 5.82 Å². The Hall–Kier alpha value is -1.88. The summed E-state index contributed by atoms with van der Waals surface area (Å²) in [5, 5.41) is 0.221. The van der Waals surface area contributed by atoms with Gasteiger partial charge in [-0.2, -0.15) is 0 Å². The maximum Gasteiger partial charge on any atom is 0.255 e. The van der Waals surface area contributed by atoms with Gasteiger partial charge in [-0.3, -0.25) is 9.59 Å². The summed E-state index contributed by atoms with van der Waals surface area (Å²) in [7, 11) is 0. The van der Waals surface area contributed by atoms with Crippen LogP contribution in [0.5, 0.6) is 0 Å². The van der Waals surface area contributed by atoms with Crippen LogP contribution in [0.15, 0.2) is 30.9 Å². The van der Waals surface area contributed by atoms with Crippen molar-refractivity contribution in [3.63, 3.8) is 0 Å². The van der Waals surface area contributed by atoms with Crippen molar-refractivity contribution in [2.45, 2.75) is 13.0 Å². The van der Waals surface area contributed by atoms with Crippen LogP contribution in [0.1, 0.15) is 17.3 Å². The smallest absolute Gasteiger partial charge is 0.255 e. The number of carbonyl (C=O) groups excluding carboxylic acids is 2. The molecule has 4 nitrogen and oxygen atoms in total. The molecule has 1 saturated heterocycles. The Morgan fingerprint density at radius 3 is 2.76 bits per heavy atom. The molecule has 0 N–H and O–H groups in total. The van der Waals surface area contributed by atoms with Crippen LogP contribution in [0.4, 0.5) is 4.39 Å². The van der Waals surface area contributed by atoms with Gasteiger partial charge in [-0.25, -0.2) is 4.39 Å². The number of hydrogen-bond acceptors (Lipinski definition) is 2. The highest BCUT2D eigenvalue weighted by atomic mass is 35.5. The molecule has 1 heterocycles. The van der Waals surface area contributed by atoms with Gasteiger partial charge in [0.25, 0.3) is 5.91 Å².